The van der Waals surface area contributed by atoms with E-state index >= 15 is 0 Å². The van der Waals surface area contributed by atoms with Gasteiger partial charge in [0.05, 0.1) is 5.03 Å². The van der Waals surface area contributed by atoms with Gasteiger partial charge in [-0.3, -0.25) is 9.79 Å². The fourth-order valence-electron chi connectivity index (χ4n) is 1.79. The zero-order valence-corrected chi connectivity index (χ0v) is 10.4. The van der Waals surface area contributed by atoms with Crippen molar-refractivity contribution in [1.29, 1.82) is 0 Å². The maximum atomic E-state index is 12.0. The molecule has 0 radical (unpaired) electrons. The van der Waals surface area contributed by atoms with Crippen LogP contribution in [-0.2, 0) is 4.79 Å². The number of carbonyl (C=O) groups excluding carboxylic acids is 1. The van der Waals surface area contributed by atoms with E-state index in [0.29, 0.717) is 11.1 Å². The first-order valence-electron chi connectivity index (χ1n) is 5.47. The maximum absolute atomic E-state index is 12.0. The molecule has 1 fully saturated rings. The number of allylic oxidation sites excluding steroid dienone is 1. The van der Waals surface area contributed by atoms with Crippen molar-refractivity contribution < 1.29 is 4.79 Å². The summed E-state index contributed by atoms with van der Waals surface area (Å²) in [6.07, 6.45) is 4.82. The fourth-order valence-corrected chi connectivity index (χ4v) is 1.85. The smallest absolute Gasteiger partial charge is 0.247 e. The van der Waals surface area contributed by atoms with E-state index < -0.39 is 6.04 Å². The van der Waals surface area contributed by atoms with Crippen molar-refractivity contribution in [1.82, 2.24) is 4.90 Å². The molecule has 2 N–H and O–H groups in total. The van der Waals surface area contributed by atoms with Crippen molar-refractivity contribution in [3.8, 4) is 0 Å². The van der Waals surface area contributed by atoms with Gasteiger partial charge in [-0.15, -0.1) is 0 Å². The molecule has 1 saturated heterocycles. The lowest BCUT2D eigenvalue weighted by Gasteiger charge is -2.23. The van der Waals surface area contributed by atoms with Gasteiger partial charge in [-0.25, -0.2) is 0 Å². The largest absolute Gasteiger partial charge is 0.403 e. The Bertz CT molecular complexity index is 314. The van der Waals surface area contributed by atoms with E-state index in [1.807, 2.05) is 4.90 Å². The predicted octanol–water partition coefficient (Wildman–Crippen LogP) is 1.50. The van der Waals surface area contributed by atoms with Crippen LogP contribution in [0, 0.1) is 0 Å². The van der Waals surface area contributed by atoms with Gasteiger partial charge in [0.25, 0.3) is 0 Å². The van der Waals surface area contributed by atoms with Gasteiger partial charge in [0.15, 0.2) is 0 Å². The third-order valence-corrected chi connectivity index (χ3v) is 3.00. The number of halogens is 1. The molecule has 4 nitrogen and oxygen atoms in total. The second-order valence-electron chi connectivity index (χ2n) is 4.03. The molecular formula is C11H18ClN3O. The standard InChI is InChI=1S/C11H18ClN3O/c1-8-4-3-5-15(8)11(16)9(2)14-7-10(12)6-13/h6-9H,3-5,13H2,1-2H3. The van der Waals surface area contributed by atoms with Gasteiger partial charge < -0.3 is 10.6 Å². The topological polar surface area (TPSA) is 58.7 Å². The Hall–Kier alpha value is -1.03. The van der Waals surface area contributed by atoms with E-state index in [2.05, 4.69) is 11.9 Å². The molecule has 0 aromatic rings. The first-order valence-corrected chi connectivity index (χ1v) is 5.85. The molecule has 0 spiro atoms. The van der Waals surface area contributed by atoms with Gasteiger partial charge in [-0.2, -0.15) is 0 Å². The van der Waals surface area contributed by atoms with Crippen LogP contribution >= 0.6 is 11.6 Å². The molecule has 0 saturated carbocycles. The molecule has 2 unspecified atom stereocenters. The lowest BCUT2D eigenvalue weighted by molar-refractivity contribution is -0.132. The van der Waals surface area contributed by atoms with E-state index in [0.717, 1.165) is 19.4 Å². The number of nitrogens with two attached hydrogens (primary N) is 1. The van der Waals surface area contributed by atoms with Crippen molar-refractivity contribution in [3.05, 3.63) is 11.2 Å². The minimum absolute atomic E-state index is 0.0581. The lowest BCUT2D eigenvalue weighted by Crippen LogP contribution is -2.39. The van der Waals surface area contributed by atoms with Crippen LogP contribution in [0.4, 0.5) is 0 Å². The molecule has 1 amide bonds. The van der Waals surface area contributed by atoms with E-state index in [-0.39, 0.29) is 5.91 Å². The van der Waals surface area contributed by atoms with E-state index in [1.54, 1.807) is 6.92 Å². The number of rotatable bonds is 3. The third-order valence-electron chi connectivity index (χ3n) is 2.77. The van der Waals surface area contributed by atoms with Gasteiger partial charge in [-0.1, -0.05) is 11.6 Å². The van der Waals surface area contributed by atoms with E-state index in [4.69, 9.17) is 17.3 Å². The van der Waals surface area contributed by atoms with Crippen molar-refractivity contribution in [2.24, 2.45) is 10.7 Å². The summed E-state index contributed by atoms with van der Waals surface area (Å²) in [5.41, 5.74) is 5.20. The number of nitrogens with zero attached hydrogens (tertiary/aromatic N) is 2. The third kappa shape index (κ3) is 3.23. The summed E-state index contributed by atoms with van der Waals surface area (Å²) in [5.74, 6) is 0.0581. The first kappa shape index (κ1) is 13.0. The summed E-state index contributed by atoms with van der Waals surface area (Å²) >= 11 is 5.66. The van der Waals surface area contributed by atoms with Crippen LogP contribution in [-0.4, -0.2) is 35.7 Å². The highest BCUT2D eigenvalue weighted by molar-refractivity contribution is 6.39. The van der Waals surface area contributed by atoms with Crippen molar-refractivity contribution in [2.45, 2.75) is 38.8 Å². The minimum atomic E-state index is -0.394. The number of carbonyl (C=O) groups is 1. The monoisotopic (exact) mass is 243 g/mol. The van der Waals surface area contributed by atoms with Gasteiger partial charge >= 0.3 is 0 Å². The summed E-state index contributed by atoms with van der Waals surface area (Å²) in [5, 5.41) is 0.342. The van der Waals surface area contributed by atoms with Crippen molar-refractivity contribution in [2.75, 3.05) is 6.54 Å². The summed E-state index contributed by atoms with van der Waals surface area (Å²) in [6, 6.07) is -0.0695. The Kier molecular flexibility index (Phi) is 4.80. The number of amides is 1. The molecule has 2 atom stereocenters. The second-order valence-corrected chi connectivity index (χ2v) is 4.47. The molecule has 5 heteroatoms. The molecule has 1 aliphatic rings. The van der Waals surface area contributed by atoms with Crippen LogP contribution in [0.1, 0.15) is 26.7 Å². The Morgan fingerprint density at radius 1 is 1.69 bits per heavy atom. The van der Waals surface area contributed by atoms with Crippen LogP contribution in [0.3, 0.4) is 0 Å². The second kappa shape index (κ2) is 5.89. The predicted molar refractivity (Wildman–Crippen MR) is 66.5 cm³/mol. The first-order chi connectivity index (χ1) is 7.56. The molecule has 90 valence electrons. The Labute approximate surface area is 101 Å². The molecule has 0 bridgehead atoms. The van der Waals surface area contributed by atoms with E-state index in [1.165, 1.54) is 12.4 Å². The number of likely N-dealkylation sites (tertiary alicyclic amines) is 1. The zero-order chi connectivity index (χ0) is 12.1. The van der Waals surface area contributed by atoms with Gasteiger partial charge in [-0.05, 0) is 26.7 Å². The van der Waals surface area contributed by atoms with Crippen LogP contribution < -0.4 is 5.73 Å². The summed E-state index contributed by atoms with van der Waals surface area (Å²) in [4.78, 5) is 17.9. The van der Waals surface area contributed by atoms with Gasteiger partial charge in [0.2, 0.25) is 5.91 Å². The Balaban J connectivity index is 2.57. The fraction of sp³-hybridized carbons (Fsp3) is 0.636. The molecule has 1 rings (SSSR count). The van der Waals surface area contributed by atoms with Crippen LogP contribution in [0.2, 0.25) is 0 Å². The maximum Gasteiger partial charge on any atom is 0.247 e. The molecule has 16 heavy (non-hydrogen) atoms. The average molecular weight is 244 g/mol. The van der Waals surface area contributed by atoms with E-state index in [9.17, 15) is 4.79 Å². The lowest BCUT2D eigenvalue weighted by atomic mass is 10.2. The highest BCUT2D eigenvalue weighted by Crippen LogP contribution is 2.18. The summed E-state index contributed by atoms with van der Waals surface area (Å²) in [7, 11) is 0. The summed E-state index contributed by atoms with van der Waals surface area (Å²) < 4.78 is 0. The number of hydrogen-bond acceptors (Lipinski definition) is 3. The minimum Gasteiger partial charge on any atom is -0.403 e. The summed E-state index contributed by atoms with van der Waals surface area (Å²) in [6.45, 7) is 4.67. The quantitative estimate of drug-likeness (QED) is 0.764. The molecule has 1 heterocycles. The molecule has 1 aliphatic heterocycles. The average Bonchev–Trinajstić information content (AvgIpc) is 2.70. The van der Waals surface area contributed by atoms with Crippen molar-refractivity contribution in [3.63, 3.8) is 0 Å². The highest BCUT2D eigenvalue weighted by atomic mass is 35.5. The van der Waals surface area contributed by atoms with Crippen LogP contribution in [0.25, 0.3) is 0 Å². The van der Waals surface area contributed by atoms with Gasteiger partial charge in [0, 0.05) is 25.0 Å². The highest BCUT2D eigenvalue weighted by Gasteiger charge is 2.27. The SMILES string of the molecule is CC(N=CC(Cl)=CN)C(=O)N1CCCC1C. The Morgan fingerprint density at radius 3 is 2.88 bits per heavy atom. The number of hydrogen-bond donors (Lipinski definition) is 1. The molecule has 0 aromatic heterocycles. The molecule has 0 aromatic carbocycles. The Morgan fingerprint density at radius 2 is 2.38 bits per heavy atom. The van der Waals surface area contributed by atoms with Crippen LogP contribution in [0.5, 0.6) is 0 Å². The van der Waals surface area contributed by atoms with Crippen molar-refractivity contribution >= 4 is 23.7 Å². The molecular weight excluding hydrogens is 226 g/mol. The molecule has 0 aliphatic carbocycles. The normalized spacial score (nSPS) is 24.1. The number of aliphatic imine (C=N–C) groups is 1. The van der Waals surface area contributed by atoms with Crippen LogP contribution in [0.15, 0.2) is 16.2 Å². The van der Waals surface area contributed by atoms with Gasteiger partial charge in [0.1, 0.15) is 6.04 Å². The zero-order valence-electron chi connectivity index (χ0n) is 9.69.